The largest absolute Gasteiger partial charge is 0.361 e. The minimum atomic E-state index is -3.26. The van der Waals surface area contributed by atoms with E-state index in [1.165, 1.54) is 23.8 Å². The van der Waals surface area contributed by atoms with Crippen molar-refractivity contribution in [3.05, 3.63) is 65.9 Å². The lowest BCUT2D eigenvalue weighted by Crippen LogP contribution is -2.27. The number of hydrogen-bond acceptors (Lipinski definition) is 3. The molecule has 6 heteroatoms. The average molecular weight is 463 g/mol. The van der Waals surface area contributed by atoms with Crippen LogP contribution in [0.4, 0.5) is 0 Å². The van der Waals surface area contributed by atoms with E-state index >= 15 is 0 Å². The van der Waals surface area contributed by atoms with Gasteiger partial charge in [0.05, 0.1) is 10.6 Å². The molecule has 1 fully saturated rings. The first-order chi connectivity index (χ1) is 13.0. The Kier molecular flexibility index (Phi) is 6.63. The normalized spacial score (nSPS) is 18.1. The van der Waals surface area contributed by atoms with E-state index in [1.54, 1.807) is 24.3 Å². The van der Waals surface area contributed by atoms with Crippen molar-refractivity contribution in [2.45, 2.75) is 43.0 Å². The first-order valence-electron chi connectivity index (χ1n) is 9.66. The third-order valence-corrected chi connectivity index (χ3v) is 7.46. The second kappa shape index (κ2) is 8.80. The van der Waals surface area contributed by atoms with Crippen LogP contribution in [-0.2, 0) is 16.3 Å². The fourth-order valence-corrected chi connectivity index (χ4v) is 5.39. The van der Waals surface area contributed by atoms with E-state index in [0.717, 1.165) is 17.6 Å². The quantitative estimate of drug-likeness (QED) is 0.561. The minimum Gasteiger partial charge on any atom is -0.361 e. The predicted octanol–water partition coefficient (Wildman–Crippen LogP) is 4.62. The van der Waals surface area contributed by atoms with Gasteiger partial charge in [-0.25, -0.2) is 8.42 Å². The highest BCUT2D eigenvalue weighted by molar-refractivity contribution is 8.93. The van der Waals surface area contributed by atoms with Crippen molar-refractivity contribution in [3.63, 3.8) is 0 Å². The summed E-state index contributed by atoms with van der Waals surface area (Å²) in [6.45, 7) is 3.37. The van der Waals surface area contributed by atoms with Crippen molar-refractivity contribution in [1.29, 1.82) is 0 Å². The number of fused-ring (bicyclic) bond motifs is 1. The van der Waals surface area contributed by atoms with Crippen molar-refractivity contribution in [1.82, 2.24) is 10.3 Å². The van der Waals surface area contributed by atoms with E-state index in [4.69, 9.17) is 0 Å². The number of halogens is 1. The number of rotatable bonds is 6. The number of nitrogens with one attached hydrogen (secondary N) is 2. The maximum absolute atomic E-state index is 12.6. The second-order valence-corrected chi connectivity index (χ2v) is 9.61. The standard InChI is InChI=1S/C22H26N2O2S.BrH/c1-16(21-8-5-12-23-21)20-15-24-22-10-9-17(14-19(20)22)11-13-27(25,26)18-6-3-2-4-7-18;/h2-4,6-7,9-10,14-16,21,23-24H,5,8,11-13H2,1H3;1H. The summed E-state index contributed by atoms with van der Waals surface area (Å²) in [6, 6.07) is 15.5. The monoisotopic (exact) mass is 462 g/mol. The molecule has 4 nitrogen and oxygen atoms in total. The van der Waals surface area contributed by atoms with Gasteiger partial charge in [0, 0.05) is 23.1 Å². The van der Waals surface area contributed by atoms with E-state index in [1.807, 2.05) is 12.1 Å². The highest BCUT2D eigenvalue weighted by atomic mass is 79.9. The molecule has 1 aliphatic rings. The van der Waals surface area contributed by atoms with Crippen LogP contribution < -0.4 is 5.32 Å². The molecular formula is C22H27BrN2O2S. The van der Waals surface area contributed by atoms with Gasteiger partial charge in [-0.3, -0.25) is 0 Å². The molecule has 0 saturated carbocycles. The Bertz CT molecular complexity index is 1030. The first-order valence-corrected chi connectivity index (χ1v) is 11.3. The molecule has 0 bridgehead atoms. The molecule has 0 spiro atoms. The van der Waals surface area contributed by atoms with E-state index in [0.29, 0.717) is 23.3 Å². The van der Waals surface area contributed by atoms with Crippen molar-refractivity contribution >= 4 is 37.7 Å². The summed E-state index contributed by atoms with van der Waals surface area (Å²) >= 11 is 0. The fourth-order valence-electron chi connectivity index (χ4n) is 4.07. The third-order valence-electron chi connectivity index (χ3n) is 5.73. The van der Waals surface area contributed by atoms with Crippen molar-refractivity contribution < 1.29 is 8.42 Å². The van der Waals surface area contributed by atoms with Gasteiger partial charge in [-0.05, 0) is 67.1 Å². The Labute approximate surface area is 177 Å². The SMILES string of the molecule is Br.CC(c1c[nH]c2ccc(CCS(=O)(=O)c3ccccc3)cc12)C1CCCN1. The molecule has 3 aromatic rings. The van der Waals surface area contributed by atoms with Crippen molar-refractivity contribution in [2.75, 3.05) is 12.3 Å². The predicted molar refractivity (Wildman–Crippen MR) is 120 cm³/mol. The molecule has 28 heavy (non-hydrogen) atoms. The molecular weight excluding hydrogens is 436 g/mol. The topological polar surface area (TPSA) is 62.0 Å². The van der Waals surface area contributed by atoms with Crippen molar-refractivity contribution in [2.24, 2.45) is 0 Å². The summed E-state index contributed by atoms with van der Waals surface area (Å²) in [6.07, 6.45) is 5.08. The molecule has 1 saturated heterocycles. The molecule has 0 aliphatic carbocycles. The fraction of sp³-hybridized carbons (Fsp3) is 0.364. The lowest BCUT2D eigenvalue weighted by atomic mass is 9.91. The number of aryl methyl sites for hydroxylation is 1. The summed E-state index contributed by atoms with van der Waals surface area (Å²) in [5.74, 6) is 0.562. The molecule has 0 amide bonds. The Morgan fingerprint density at radius 1 is 1.14 bits per heavy atom. The van der Waals surface area contributed by atoms with Crippen LogP contribution >= 0.6 is 17.0 Å². The zero-order chi connectivity index (χ0) is 18.9. The minimum absolute atomic E-state index is 0. The van der Waals surface area contributed by atoms with Crippen LogP contribution in [0.1, 0.15) is 36.8 Å². The molecule has 2 unspecified atom stereocenters. The molecule has 1 aliphatic heterocycles. The molecule has 2 aromatic carbocycles. The van der Waals surface area contributed by atoms with Crippen LogP contribution in [0.5, 0.6) is 0 Å². The van der Waals surface area contributed by atoms with E-state index in [9.17, 15) is 8.42 Å². The Morgan fingerprint density at radius 3 is 2.64 bits per heavy atom. The maximum Gasteiger partial charge on any atom is 0.178 e. The van der Waals surface area contributed by atoms with Gasteiger partial charge < -0.3 is 10.3 Å². The highest BCUT2D eigenvalue weighted by Crippen LogP contribution is 2.31. The average Bonchev–Trinajstić information content (AvgIpc) is 3.36. The van der Waals surface area contributed by atoms with Gasteiger partial charge in [0.25, 0.3) is 0 Å². The van der Waals surface area contributed by atoms with Gasteiger partial charge in [-0.1, -0.05) is 31.2 Å². The van der Waals surface area contributed by atoms with Gasteiger partial charge in [0.15, 0.2) is 9.84 Å². The molecule has 2 atom stereocenters. The van der Waals surface area contributed by atoms with Gasteiger partial charge in [0.1, 0.15) is 0 Å². The lowest BCUT2D eigenvalue weighted by molar-refractivity contribution is 0.520. The van der Waals surface area contributed by atoms with Crippen LogP contribution in [0.15, 0.2) is 59.6 Å². The Hall–Kier alpha value is -1.63. The molecule has 2 heterocycles. The molecule has 2 N–H and O–H groups in total. The van der Waals surface area contributed by atoms with E-state index < -0.39 is 9.84 Å². The summed E-state index contributed by atoms with van der Waals surface area (Å²) < 4.78 is 25.1. The van der Waals surface area contributed by atoms with Crippen LogP contribution in [0.2, 0.25) is 0 Å². The zero-order valence-corrected chi connectivity index (χ0v) is 18.5. The number of hydrogen-bond donors (Lipinski definition) is 2. The number of sulfone groups is 1. The van der Waals surface area contributed by atoms with Gasteiger partial charge >= 0.3 is 0 Å². The van der Waals surface area contributed by atoms with Gasteiger partial charge in [-0.15, -0.1) is 17.0 Å². The van der Waals surface area contributed by atoms with Crippen LogP contribution in [0.3, 0.4) is 0 Å². The second-order valence-electron chi connectivity index (χ2n) is 7.50. The summed E-state index contributed by atoms with van der Waals surface area (Å²) in [7, 11) is -3.26. The number of H-pyrrole nitrogens is 1. The first kappa shape index (κ1) is 21.1. The zero-order valence-electron chi connectivity index (χ0n) is 16.0. The number of aromatic amines is 1. The van der Waals surface area contributed by atoms with E-state index in [-0.39, 0.29) is 22.7 Å². The Balaban J connectivity index is 0.00000225. The van der Waals surface area contributed by atoms with E-state index in [2.05, 4.69) is 35.6 Å². The van der Waals surface area contributed by atoms with Gasteiger partial charge in [-0.2, -0.15) is 0 Å². The lowest BCUT2D eigenvalue weighted by Gasteiger charge is -2.19. The van der Waals surface area contributed by atoms with Crippen LogP contribution in [-0.4, -0.2) is 31.7 Å². The molecule has 4 rings (SSSR count). The van der Waals surface area contributed by atoms with Crippen LogP contribution in [0, 0.1) is 0 Å². The summed E-state index contributed by atoms with van der Waals surface area (Å²) in [5.41, 5.74) is 3.50. The molecule has 150 valence electrons. The van der Waals surface area contributed by atoms with Gasteiger partial charge in [0.2, 0.25) is 0 Å². The summed E-state index contributed by atoms with van der Waals surface area (Å²) in [4.78, 5) is 3.77. The number of aromatic nitrogens is 1. The van der Waals surface area contributed by atoms with Crippen LogP contribution in [0.25, 0.3) is 10.9 Å². The Morgan fingerprint density at radius 2 is 1.93 bits per heavy atom. The third kappa shape index (κ3) is 4.34. The molecule has 1 aromatic heterocycles. The highest BCUT2D eigenvalue weighted by Gasteiger charge is 2.24. The van der Waals surface area contributed by atoms with Crippen molar-refractivity contribution in [3.8, 4) is 0 Å². The summed E-state index contributed by atoms with van der Waals surface area (Å²) in [5, 5.41) is 4.81. The molecule has 0 radical (unpaired) electrons. The maximum atomic E-state index is 12.6. The smallest absolute Gasteiger partial charge is 0.178 e. The number of benzene rings is 2.